The number of benzene rings is 1. The van der Waals surface area contributed by atoms with Crippen molar-refractivity contribution in [1.29, 1.82) is 0 Å². The van der Waals surface area contributed by atoms with E-state index in [2.05, 4.69) is 34.3 Å². The highest BCUT2D eigenvalue weighted by Gasteiger charge is 2.13. The summed E-state index contributed by atoms with van der Waals surface area (Å²) in [5.41, 5.74) is 6.36. The molecule has 0 saturated heterocycles. The molecule has 3 heterocycles. The summed E-state index contributed by atoms with van der Waals surface area (Å²) in [5.74, 6) is 1.33. The Morgan fingerprint density at radius 2 is 1.90 bits per heavy atom. The van der Waals surface area contributed by atoms with Crippen molar-refractivity contribution in [3.63, 3.8) is 0 Å². The van der Waals surface area contributed by atoms with E-state index >= 15 is 0 Å². The number of fused-ring (bicyclic) bond motifs is 1. The van der Waals surface area contributed by atoms with Gasteiger partial charge in [-0.05, 0) is 61.6 Å². The lowest BCUT2D eigenvalue weighted by molar-refractivity contribution is 0.633. The molecule has 0 aliphatic rings. The number of aromatic amines is 1. The van der Waals surface area contributed by atoms with E-state index in [4.69, 9.17) is 0 Å². The van der Waals surface area contributed by atoms with Gasteiger partial charge in [0.2, 0.25) is 0 Å². The van der Waals surface area contributed by atoms with Crippen molar-refractivity contribution in [3.05, 3.63) is 69.9 Å². The van der Waals surface area contributed by atoms with Gasteiger partial charge in [-0.15, -0.1) is 0 Å². The van der Waals surface area contributed by atoms with Crippen LogP contribution < -0.4 is 10.9 Å². The van der Waals surface area contributed by atoms with E-state index in [1.807, 2.05) is 63.5 Å². The molecule has 0 spiro atoms. The third kappa shape index (κ3) is 3.85. The summed E-state index contributed by atoms with van der Waals surface area (Å²) in [4.78, 5) is 17.5. The molecule has 0 aliphatic carbocycles. The van der Waals surface area contributed by atoms with E-state index < -0.39 is 0 Å². The van der Waals surface area contributed by atoms with Gasteiger partial charge in [0.15, 0.2) is 5.82 Å². The van der Waals surface area contributed by atoms with Crippen molar-refractivity contribution in [2.75, 3.05) is 5.32 Å². The van der Waals surface area contributed by atoms with Gasteiger partial charge >= 0.3 is 0 Å². The van der Waals surface area contributed by atoms with Crippen molar-refractivity contribution in [2.24, 2.45) is 13.0 Å². The molecule has 0 radical (unpaired) electrons. The molecule has 2 N–H and O–H groups in total. The Balaban J connectivity index is 1.74. The zero-order valence-electron chi connectivity index (χ0n) is 18.1. The predicted octanol–water partition coefficient (Wildman–Crippen LogP) is 4.88. The molecule has 3 aromatic heterocycles. The first-order valence-corrected chi connectivity index (χ1v) is 10.2. The van der Waals surface area contributed by atoms with Gasteiger partial charge in [-0.3, -0.25) is 14.9 Å². The van der Waals surface area contributed by atoms with E-state index in [0.29, 0.717) is 11.5 Å². The highest BCUT2D eigenvalue weighted by Crippen LogP contribution is 2.28. The van der Waals surface area contributed by atoms with Crippen LogP contribution in [0.5, 0.6) is 0 Å². The monoisotopic (exact) mass is 401 g/mol. The van der Waals surface area contributed by atoms with Crippen LogP contribution in [0.25, 0.3) is 22.0 Å². The van der Waals surface area contributed by atoms with Crippen molar-refractivity contribution in [2.45, 2.75) is 34.1 Å². The average Bonchev–Trinajstić information content (AvgIpc) is 3.13. The molecule has 154 valence electrons. The Morgan fingerprint density at radius 1 is 1.10 bits per heavy atom. The van der Waals surface area contributed by atoms with Crippen LogP contribution in [0.1, 0.15) is 30.8 Å². The zero-order chi connectivity index (χ0) is 21.4. The van der Waals surface area contributed by atoms with Gasteiger partial charge < -0.3 is 9.88 Å². The Labute approximate surface area is 176 Å². The molecule has 6 nitrogen and oxygen atoms in total. The fourth-order valence-corrected chi connectivity index (χ4v) is 3.77. The number of H-pyrrole nitrogens is 1. The number of hydrogen-bond donors (Lipinski definition) is 2. The third-order valence-corrected chi connectivity index (χ3v) is 5.30. The minimum atomic E-state index is -0.0210. The van der Waals surface area contributed by atoms with Gasteiger partial charge in [-0.25, -0.2) is 0 Å². The highest BCUT2D eigenvalue weighted by molar-refractivity contribution is 5.85. The Hall–Kier alpha value is -3.41. The van der Waals surface area contributed by atoms with Gasteiger partial charge in [0, 0.05) is 47.3 Å². The molecular formula is C24H27N5O. The summed E-state index contributed by atoms with van der Waals surface area (Å²) in [6.45, 7) is 8.31. The first-order valence-electron chi connectivity index (χ1n) is 10.2. The Bertz CT molecular complexity index is 1280. The zero-order valence-corrected chi connectivity index (χ0v) is 18.1. The second-order valence-electron chi connectivity index (χ2n) is 8.34. The number of hydrogen-bond acceptors (Lipinski definition) is 4. The topological polar surface area (TPSA) is 75.6 Å². The quantitative estimate of drug-likeness (QED) is 0.500. The predicted molar refractivity (Wildman–Crippen MR) is 122 cm³/mol. The number of nitrogens with one attached hydrogen (secondary N) is 2. The second-order valence-corrected chi connectivity index (χ2v) is 8.34. The lowest BCUT2D eigenvalue weighted by Crippen LogP contribution is -2.19. The summed E-state index contributed by atoms with van der Waals surface area (Å²) in [6.07, 6.45) is 2.78. The number of aryl methyl sites for hydroxylation is 3. The van der Waals surface area contributed by atoms with Crippen molar-refractivity contribution in [3.8, 4) is 11.1 Å². The maximum absolute atomic E-state index is 13.1. The van der Waals surface area contributed by atoms with Crippen molar-refractivity contribution < 1.29 is 0 Å². The number of nitrogens with zero attached hydrogens (tertiary/aromatic N) is 3. The molecule has 4 rings (SSSR count). The number of pyridine rings is 2. The van der Waals surface area contributed by atoms with Crippen LogP contribution in [-0.2, 0) is 13.5 Å². The summed E-state index contributed by atoms with van der Waals surface area (Å²) in [5, 5.41) is 11.7. The first kappa shape index (κ1) is 19.9. The molecule has 0 unspecified atom stereocenters. The maximum Gasteiger partial charge on any atom is 0.258 e. The van der Waals surface area contributed by atoms with Crippen molar-refractivity contribution >= 4 is 22.4 Å². The van der Waals surface area contributed by atoms with Gasteiger partial charge in [0.05, 0.1) is 5.52 Å². The molecule has 0 atom stereocenters. The summed E-state index contributed by atoms with van der Waals surface area (Å²) in [7, 11) is 1.81. The third-order valence-electron chi connectivity index (χ3n) is 5.30. The van der Waals surface area contributed by atoms with Crippen LogP contribution in [0.3, 0.4) is 0 Å². The van der Waals surface area contributed by atoms with Crippen LogP contribution in [0, 0.1) is 19.8 Å². The summed E-state index contributed by atoms with van der Waals surface area (Å²) >= 11 is 0. The van der Waals surface area contributed by atoms with Crippen LogP contribution in [0.4, 0.5) is 11.5 Å². The SMILES string of the molecule is Cc1cc2c(cn1)cc(-c1cc(Nc3cc(CC(C)C)[nH]n3)ccc1C)c(=O)n2C. The average molecular weight is 402 g/mol. The van der Waals surface area contributed by atoms with E-state index in [0.717, 1.165) is 51.3 Å². The molecule has 0 fully saturated rings. The van der Waals surface area contributed by atoms with Crippen LogP contribution in [-0.4, -0.2) is 19.7 Å². The van der Waals surface area contributed by atoms with E-state index in [9.17, 15) is 4.79 Å². The fourth-order valence-electron chi connectivity index (χ4n) is 3.77. The summed E-state index contributed by atoms with van der Waals surface area (Å²) < 4.78 is 1.70. The largest absolute Gasteiger partial charge is 0.339 e. The molecular weight excluding hydrogens is 374 g/mol. The van der Waals surface area contributed by atoms with Gasteiger partial charge in [-0.2, -0.15) is 5.10 Å². The molecule has 0 amide bonds. The standard InChI is InChI=1S/C24H27N5O/c1-14(2)8-19-12-23(28-27-19)26-18-7-6-15(3)20(11-18)21-10-17-13-25-16(4)9-22(17)29(5)24(21)30/h6-7,9-14H,8H2,1-5H3,(H2,26,27,28). The van der Waals surface area contributed by atoms with Gasteiger partial charge in [0.1, 0.15) is 0 Å². The maximum atomic E-state index is 13.1. The van der Waals surface area contributed by atoms with Gasteiger partial charge in [0.25, 0.3) is 5.56 Å². The van der Waals surface area contributed by atoms with E-state index in [1.54, 1.807) is 4.57 Å². The molecule has 6 heteroatoms. The summed E-state index contributed by atoms with van der Waals surface area (Å²) in [6, 6.07) is 11.9. The van der Waals surface area contributed by atoms with Crippen LogP contribution >= 0.6 is 0 Å². The Kier molecular flexibility index (Phi) is 5.16. The smallest absolute Gasteiger partial charge is 0.258 e. The fraction of sp³-hybridized carbons (Fsp3) is 0.292. The molecule has 30 heavy (non-hydrogen) atoms. The van der Waals surface area contributed by atoms with E-state index in [1.165, 1.54) is 0 Å². The molecule has 0 aliphatic heterocycles. The van der Waals surface area contributed by atoms with Crippen molar-refractivity contribution in [1.82, 2.24) is 19.7 Å². The molecule has 0 saturated carbocycles. The lowest BCUT2D eigenvalue weighted by atomic mass is 9.99. The minimum absolute atomic E-state index is 0.0210. The highest BCUT2D eigenvalue weighted by atomic mass is 16.1. The van der Waals surface area contributed by atoms with E-state index in [-0.39, 0.29) is 5.56 Å². The second kappa shape index (κ2) is 7.78. The van der Waals surface area contributed by atoms with Crippen LogP contribution in [0.15, 0.2) is 47.4 Å². The molecule has 4 aromatic rings. The minimum Gasteiger partial charge on any atom is -0.339 e. The first-order chi connectivity index (χ1) is 14.3. The molecule has 0 bridgehead atoms. The number of anilines is 2. The number of aromatic nitrogens is 4. The lowest BCUT2D eigenvalue weighted by Gasteiger charge is -2.13. The molecule has 1 aromatic carbocycles. The normalized spacial score (nSPS) is 11.4. The van der Waals surface area contributed by atoms with Gasteiger partial charge in [-0.1, -0.05) is 19.9 Å². The Morgan fingerprint density at radius 3 is 2.67 bits per heavy atom. The number of rotatable bonds is 5. The van der Waals surface area contributed by atoms with Crippen LogP contribution in [0.2, 0.25) is 0 Å².